The number of ether oxygens (including phenoxy) is 6. The summed E-state index contributed by atoms with van der Waals surface area (Å²) in [5, 5.41) is 4.48. The van der Waals surface area contributed by atoms with Gasteiger partial charge in [0.05, 0.1) is 55.8 Å². The molecule has 79 heavy (non-hydrogen) atoms. The Bertz CT molecular complexity index is 3370. The van der Waals surface area contributed by atoms with E-state index in [9.17, 15) is 4.79 Å². The van der Waals surface area contributed by atoms with Gasteiger partial charge in [-0.05, 0) is 132 Å². The van der Waals surface area contributed by atoms with Gasteiger partial charge in [-0.1, -0.05) is 24.3 Å². The molecule has 1 aliphatic carbocycles. The largest absolute Gasteiger partial charge is 0.497 e. The van der Waals surface area contributed by atoms with Gasteiger partial charge in [-0.25, -0.2) is 28.2 Å². The molecule has 0 N–H and O–H groups in total. The van der Waals surface area contributed by atoms with Gasteiger partial charge in [0.25, 0.3) is 0 Å². The van der Waals surface area contributed by atoms with Crippen LogP contribution in [0.2, 0.25) is 0 Å². The third kappa shape index (κ3) is 10.5. The maximum absolute atomic E-state index is 18.3. The van der Waals surface area contributed by atoms with E-state index in [1.807, 2.05) is 72.2 Å². The molecule has 1 unspecified atom stereocenters. The second kappa shape index (κ2) is 20.9. The normalized spacial score (nSPS) is 20.4. The quantitative estimate of drug-likeness (QED) is 0.0950. The van der Waals surface area contributed by atoms with Crippen molar-refractivity contribution in [2.24, 2.45) is 11.8 Å². The first-order chi connectivity index (χ1) is 37.8. The standard InChI is InChI=1S/C58H62F5N9O7/c1-31-21-43-42(25-65-72(43)45-11-9-10-20-76-45)46(48(31)58(61,62)63)50-49(60)51-47-53(68-55(67-51)78-30-44-41-22-36(41)28-70(44)56(73)79-57(4,5)6)71(32(2)29-77-54(47)66-50)33(3)40-23-37(59)24-64-52(40)69(26-34-12-16-38(74-7)17-13-34)27-35-14-18-39(75-8)19-15-35/h12-19,21,23-25,32-33,36,41,44-45H,9-11,20,22,26-30H2,1-8H3/t32-,33+,36-,41-,44+,45?/m0/s1. The molecule has 4 aromatic heterocycles. The Kier molecular flexibility index (Phi) is 14.2. The molecule has 21 heteroatoms. The number of aryl methyl sites for hydroxylation is 1. The molecule has 2 saturated heterocycles. The average Bonchev–Trinajstić information content (AvgIpc) is 4.12. The molecule has 416 valence electrons. The number of alkyl halides is 3. The van der Waals surface area contributed by atoms with Crippen LogP contribution in [0.1, 0.15) is 100 Å². The molecule has 7 heterocycles. The van der Waals surface area contributed by atoms with Crippen LogP contribution in [0, 0.1) is 30.4 Å². The van der Waals surface area contributed by atoms with Crippen molar-refractivity contribution in [3.63, 3.8) is 0 Å². The number of aromatic nitrogens is 6. The summed E-state index contributed by atoms with van der Waals surface area (Å²) < 4.78 is 118. The summed E-state index contributed by atoms with van der Waals surface area (Å²) in [6.45, 7) is 11.7. The predicted octanol–water partition coefficient (Wildman–Crippen LogP) is 11.9. The number of carbonyl (C=O) groups excluding carboxylic acids is 1. The van der Waals surface area contributed by atoms with E-state index in [0.29, 0.717) is 61.1 Å². The average molecular weight is 1090 g/mol. The maximum atomic E-state index is 18.3. The fourth-order valence-corrected chi connectivity index (χ4v) is 11.5. The highest BCUT2D eigenvalue weighted by atomic mass is 19.4. The van der Waals surface area contributed by atoms with E-state index in [-0.39, 0.29) is 59.1 Å². The number of amides is 1. The number of hydrogen-bond acceptors (Lipinski definition) is 14. The van der Waals surface area contributed by atoms with E-state index < -0.39 is 76.2 Å². The molecule has 3 aliphatic heterocycles. The van der Waals surface area contributed by atoms with Gasteiger partial charge in [0.2, 0.25) is 5.88 Å². The van der Waals surface area contributed by atoms with Gasteiger partial charge >= 0.3 is 18.3 Å². The first kappa shape index (κ1) is 53.5. The lowest BCUT2D eigenvalue weighted by molar-refractivity contribution is -0.137. The molecule has 1 saturated carbocycles. The summed E-state index contributed by atoms with van der Waals surface area (Å²) in [6.07, 6.45) is -0.509. The molecule has 6 atom stereocenters. The molecule has 1 amide bonds. The Labute approximate surface area is 453 Å². The van der Waals surface area contributed by atoms with E-state index in [1.54, 1.807) is 44.6 Å². The number of likely N-dealkylation sites (tertiary alicyclic amines) is 1. The lowest BCUT2D eigenvalue weighted by atomic mass is 9.94. The van der Waals surface area contributed by atoms with Gasteiger partial charge in [-0.15, -0.1) is 0 Å². The van der Waals surface area contributed by atoms with E-state index in [2.05, 4.69) is 15.1 Å². The van der Waals surface area contributed by atoms with Gasteiger partial charge in [0, 0.05) is 42.8 Å². The van der Waals surface area contributed by atoms with Crippen LogP contribution in [-0.4, -0.2) is 99.0 Å². The van der Waals surface area contributed by atoms with Crippen molar-refractivity contribution in [3.05, 3.63) is 113 Å². The number of methoxy groups -OCH3 is 2. The predicted molar refractivity (Wildman–Crippen MR) is 284 cm³/mol. The number of anilines is 2. The highest BCUT2D eigenvalue weighted by Crippen LogP contribution is 2.51. The van der Waals surface area contributed by atoms with Gasteiger partial charge < -0.3 is 43.1 Å². The van der Waals surface area contributed by atoms with Crippen LogP contribution in [0.3, 0.4) is 0 Å². The second-order valence-corrected chi connectivity index (χ2v) is 21.9. The number of hydrogen-bond donors (Lipinski definition) is 0. The first-order valence-electron chi connectivity index (χ1n) is 26.6. The number of piperidine rings is 1. The van der Waals surface area contributed by atoms with Gasteiger partial charge in [-0.2, -0.15) is 28.2 Å². The zero-order chi connectivity index (χ0) is 55.7. The van der Waals surface area contributed by atoms with Gasteiger partial charge in [0.1, 0.15) is 64.4 Å². The third-order valence-corrected chi connectivity index (χ3v) is 15.4. The minimum Gasteiger partial charge on any atom is -0.497 e. The second-order valence-electron chi connectivity index (χ2n) is 21.9. The van der Waals surface area contributed by atoms with Gasteiger partial charge in [0.15, 0.2) is 12.0 Å². The van der Waals surface area contributed by atoms with Crippen LogP contribution < -0.4 is 28.7 Å². The fraction of sp³-hybridized carbons (Fsp3) is 0.448. The first-order valence-corrected chi connectivity index (χ1v) is 26.6. The van der Waals surface area contributed by atoms with Crippen molar-refractivity contribution in [1.82, 2.24) is 34.6 Å². The van der Waals surface area contributed by atoms with Crippen molar-refractivity contribution in [2.45, 2.75) is 116 Å². The zero-order valence-corrected chi connectivity index (χ0v) is 45.2. The fourth-order valence-electron chi connectivity index (χ4n) is 11.5. The monoisotopic (exact) mass is 1090 g/mol. The summed E-state index contributed by atoms with van der Waals surface area (Å²) in [5.74, 6) is 0.0983. The summed E-state index contributed by atoms with van der Waals surface area (Å²) >= 11 is 0. The topological polar surface area (TPSA) is 152 Å². The molecule has 4 aliphatic rings. The van der Waals surface area contributed by atoms with Crippen molar-refractivity contribution in [2.75, 3.05) is 50.4 Å². The highest BCUT2D eigenvalue weighted by molar-refractivity contribution is 6.02. The van der Waals surface area contributed by atoms with Crippen molar-refractivity contribution >= 4 is 39.5 Å². The Balaban J connectivity index is 1.08. The minimum atomic E-state index is -4.98. The minimum absolute atomic E-state index is 0.00420. The Hall–Kier alpha value is -7.55. The van der Waals surface area contributed by atoms with Crippen LogP contribution in [0.25, 0.3) is 33.1 Å². The van der Waals surface area contributed by atoms with Crippen LogP contribution in [-0.2, 0) is 28.7 Å². The number of nitrogens with zero attached hydrogens (tertiary/aromatic N) is 9. The van der Waals surface area contributed by atoms with Crippen molar-refractivity contribution < 1.29 is 55.2 Å². The molecule has 7 aromatic rings. The molecule has 3 fully saturated rings. The van der Waals surface area contributed by atoms with Crippen molar-refractivity contribution in [3.8, 4) is 34.6 Å². The number of halogens is 5. The Morgan fingerprint density at radius 1 is 0.924 bits per heavy atom. The van der Waals surface area contributed by atoms with E-state index >= 15 is 22.0 Å². The van der Waals surface area contributed by atoms with Crippen molar-refractivity contribution in [1.29, 1.82) is 0 Å². The van der Waals surface area contributed by atoms with Gasteiger partial charge in [-0.3, -0.25) is 0 Å². The molecule has 11 rings (SSSR count). The number of rotatable bonds is 14. The van der Waals surface area contributed by atoms with Crippen LogP contribution in [0.15, 0.2) is 73.1 Å². The lowest BCUT2D eigenvalue weighted by Crippen LogP contribution is -2.44. The summed E-state index contributed by atoms with van der Waals surface area (Å²) in [5.41, 5.74) is -1.17. The number of pyridine rings is 2. The third-order valence-electron chi connectivity index (χ3n) is 15.4. The van der Waals surface area contributed by atoms with Crippen LogP contribution in [0.4, 0.5) is 38.4 Å². The molecule has 3 aromatic carbocycles. The van der Waals surface area contributed by atoms with E-state index in [0.717, 1.165) is 36.6 Å². The maximum Gasteiger partial charge on any atom is 0.417 e. The molecule has 0 bridgehead atoms. The summed E-state index contributed by atoms with van der Waals surface area (Å²) in [4.78, 5) is 38.1. The van der Waals surface area contributed by atoms with E-state index in [1.165, 1.54) is 25.3 Å². The molecular formula is C58H62F5N9O7. The van der Waals surface area contributed by atoms with Crippen LogP contribution >= 0.6 is 0 Å². The zero-order valence-electron chi connectivity index (χ0n) is 45.2. The number of benzene rings is 3. The smallest absolute Gasteiger partial charge is 0.417 e. The lowest BCUT2D eigenvalue weighted by Gasteiger charge is -2.37. The Morgan fingerprint density at radius 2 is 1.62 bits per heavy atom. The van der Waals surface area contributed by atoms with E-state index in [4.69, 9.17) is 38.4 Å². The molecular weight excluding hydrogens is 1030 g/mol. The summed E-state index contributed by atoms with van der Waals surface area (Å²) in [6, 6.07) is 15.7. The molecule has 0 spiro atoms. The molecule has 16 nitrogen and oxygen atoms in total. The summed E-state index contributed by atoms with van der Waals surface area (Å²) in [7, 11) is 3.18. The molecule has 0 radical (unpaired) electrons. The highest BCUT2D eigenvalue weighted by Gasteiger charge is 2.55. The number of fused-ring (bicyclic) bond motifs is 2. The Morgan fingerprint density at radius 3 is 2.25 bits per heavy atom. The van der Waals surface area contributed by atoms with Crippen LogP contribution in [0.5, 0.6) is 23.4 Å². The SMILES string of the molecule is COc1ccc(CN(Cc2ccc(OC)cc2)c2ncc(F)cc2[C@@H](C)N2c3nc(OC[C@@H]4[C@H]5C[C@H]5CN4C(=O)OC(C)(C)C)nc4c(F)c(-c5c(C(F)(F)F)c(C)cc6c5cnn6C5CCCCO5)nc(c34)OC[C@@H]2C)cc1. The number of carbonyl (C=O) groups is 1.